The second-order valence-electron chi connectivity index (χ2n) is 5.14. The van der Waals surface area contributed by atoms with Crippen molar-refractivity contribution in [1.82, 2.24) is 9.97 Å². The lowest BCUT2D eigenvalue weighted by Gasteiger charge is -2.01. The lowest BCUT2D eigenvalue weighted by Crippen LogP contribution is -2.13. The Kier molecular flexibility index (Phi) is 4.92. The summed E-state index contributed by atoms with van der Waals surface area (Å²) in [5.74, 6) is -1.60. The minimum Gasteiger partial charge on any atom is -0.503 e. The van der Waals surface area contributed by atoms with Gasteiger partial charge in [0.2, 0.25) is 0 Å². The molecule has 0 aliphatic carbocycles. The molecule has 3 rings (SSSR count). The predicted octanol–water partition coefficient (Wildman–Crippen LogP) is 3.16. The number of aromatic hydroxyl groups is 2. The fourth-order valence-corrected chi connectivity index (χ4v) is 2.81. The summed E-state index contributed by atoms with van der Waals surface area (Å²) < 4.78 is 0. The van der Waals surface area contributed by atoms with Crippen LogP contribution in [0.1, 0.15) is 5.56 Å². The van der Waals surface area contributed by atoms with Crippen LogP contribution in [0, 0.1) is 11.3 Å². The average molecular weight is 364 g/mol. The quantitative estimate of drug-likeness (QED) is 0.483. The summed E-state index contributed by atoms with van der Waals surface area (Å²) in [5, 5.41) is 32.6. The van der Waals surface area contributed by atoms with Crippen molar-refractivity contribution in [3.8, 4) is 29.0 Å². The Morgan fingerprint density at radius 3 is 2.73 bits per heavy atom. The van der Waals surface area contributed by atoms with Crippen LogP contribution in [0.4, 0.5) is 5.13 Å². The van der Waals surface area contributed by atoms with E-state index in [0.29, 0.717) is 10.7 Å². The molecule has 1 amide bonds. The van der Waals surface area contributed by atoms with E-state index in [1.807, 2.05) is 35.7 Å². The van der Waals surface area contributed by atoms with E-state index >= 15 is 0 Å². The summed E-state index contributed by atoms with van der Waals surface area (Å²) >= 11 is 1.25. The number of anilines is 1. The lowest BCUT2D eigenvalue weighted by atomic mass is 10.1. The number of nitriles is 1. The normalized spacial score (nSPS) is 11.0. The van der Waals surface area contributed by atoms with E-state index in [2.05, 4.69) is 15.3 Å². The molecule has 0 radical (unpaired) electrons. The summed E-state index contributed by atoms with van der Waals surface area (Å²) in [4.78, 5) is 20.2. The highest BCUT2D eigenvalue weighted by Gasteiger charge is 2.13. The zero-order chi connectivity index (χ0) is 18.5. The van der Waals surface area contributed by atoms with Crippen LogP contribution < -0.4 is 5.32 Å². The van der Waals surface area contributed by atoms with Gasteiger partial charge >= 0.3 is 0 Å². The van der Waals surface area contributed by atoms with Crippen molar-refractivity contribution < 1.29 is 15.0 Å². The molecule has 0 atom stereocenters. The summed E-state index contributed by atoms with van der Waals surface area (Å²) in [6, 6.07) is 12.5. The number of thiazole rings is 1. The molecule has 0 fully saturated rings. The Balaban J connectivity index is 1.78. The summed E-state index contributed by atoms with van der Waals surface area (Å²) in [7, 11) is 0. The highest BCUT2D eigenvalue weighted by atomic mass is 32.1. The molecule has 0 spiro atoms. The molecule has 0 unspecified atom stereocenters. The lowest BCUT2D eigenvalue weighted by molar-refractivity contribution is -0.112. The standard InChI is InChI=1S/C18H12N4O3S/c19-8-13(6-11-7-15(23)17(25)20-9-11)16(24)22-18-21-14(10-26-18)12-4-2-1-3-5-12/h1-7,9-10,23H,(H,20,25)(H,21,22,24)/b13-6+. The van der Waals surface area contributed by atoms with Crippen LogP contribution in [0.15, 0.2) is 53.5 Å². The van der Waals surface area contributed by atoms with Crippen LogP contribution in [-0.2, 0) is 4.79 Å². The molecule has 3 aromatic rings. The Morgan fingerprint density at radius 1 is 1.27 bits per heavy atom. The zero-order valence-electron chi connectivity index (χ0n) is 13.2. The number of nitrogens with zero attached hydrogens (tertiary/aromatic N) is 3. The van der Waals surface area contributed by atoms with E-state index in [4.69, 9.17) is 0 Å². The van der Waals surface area contributed by atoms with Gasteiger partial charge in [0.25, 0.3) is 11.8 Å². The maximum atomic E-state index is 12.3. The topological polar surface area (TPSA) is 119 Å². The Morgan fingerprint density at radius 2 is 2.04 bits per heavy atom. The molecular weight excluding hydrogens is 352 g/mol. The number of benzene rings is 1. The maximum absolute atomic E-state index is 12.3. The molecule has 3 N–H and O–H groups in total. The molecule has 0 aliphatic rings. The third kappa shape index (κ3) is 3.85. The molecule has 0 bridgehead atoms. The van der Waals surface area contributed by atoms with Crippen LogP contribution in [0.25, 0.3) is 17.3 Å². The first kappa shape index (κ1) is 17.1. The molecule has 2 heterocycles. The van der Waals surface area contributed by atoms with E-state index in [1.54, 1.807) is 6.07 Å². The van der Waals surface area contributed by atoms with Crippen LogP contribution >= 0.6 is 11.3 Å². The minimum absolute atomic E-state index is 0.187. The van der Waals surface area contributed by atoms with Gasteiger partial charge in [0.05, 0.1) is 5.69 Å². The second kappa shape index (κ2) is 7.46. The molecule has 2 aromatic heterocycles. The van der Waals surface area contributed by atoms with E-state index in [1.165, 1.54) is 29.7 Å². The molecular formula is C18H12N4O3S. The highest BCUT2D eigenvalue weighted by Crippen LogP contribution is 2.25. The zero-order valence-corrected chi connectivity index (χ0v) is 14.1. The van der Waals surface area contributed by atoms with Gasteiger partial charge in [-0.05, 0) is 17.7 Å². The molecule has 1 aromatic carbocycles. The molecule has 128 valence electrons. The fraction of sp³-hybridized carbons (Fsp3) is 0. The van der Waals surface area contributed by atoms with E-state index in [-0.39, 0.29) is 5.57 Å². The summed E-state index contributed by atoms with van der Waals surface area (Å²) in [5.41, 5.74) is 1.76. The van der Waals surface area contributed by atoms with Crippen LogP contribution in [0.2, 0.25) is 0 Å². The van der Waals surface area contributed by atoms with Crippen molar-refractivity contribution >= 4 is 28.5 Å². The fourth-order valence-electron chi connectivity index (χ4n) is 2.09. The van der Waals surface area contributed by atoms with Crippen molar-refractivity contribution in [3.05, 3.63) is 59.1 Å². The molecule has 0 aliphatic heterocycles. The van der Waals surface area contributed by atoms with Crippen molar-refractivity contribution in [2.45, 2.75) is 0 Å². The molecule has 0 saturated heterocycles. The smallest absolute Gasteiger partial charge is 0.268 e. The Hall–Kier alpha value is -3.70. The van der Waals surface area contributed by atoms with Crippen molar-refractivity contribution in [2.24, 2.45) is 0 Å². The van der Waals surface area contributed by atoms with Crippen molar-refractivity contribution in [3.63, 3.8) is 0 Å². The van der Waals surface area contributed by atoms with Gasteiger partial charge in [-0.25, -0.2) is 9.97 Å². The number of pyridine rings is 1. The number of nitrogens with one attached hydrogen (secondary N) is 1. The van der Waals surface area contributed by atoms with Gasteiger partial charge in [-0.1, -0.05) is 30.3 Å². The molecule has 7 nitrogen and oxygen atoms in total. The predicted molar refractivity (Wildman–Crippen MR) is 97.3 cm³/mol. The first-order valence-electron chi connectivity index (χ1n) is 7.39. The number of amides is 1. The van der Waals surface area contributed by atoms with Crippen LogP contribution in [0.3, 0.4) is 0 Å². The highest BCUT2D eigenvalue weighted by molar-refractivity contribution is 7.14. The first-order valence-corrected chi connectivity index (χ1v) is 8.27. The average Bonchev–Trinajstić information content (AvgIpc) is 3.11. The molecule has 26 heavy (non-hydrogen) atoms. The van der Waals surface area contributed by atoms with Crippen LogP contribution in [0.5, 0.6) is 11.6 Å². The maximum Gasteiger partial charge on any atom is 0.268 e. The van der Waals surface area contributed by atoms with Crippen molar-refractivity contribution in [2.75, 3.05) is 5.32 Å². The van der Waals surface area contributed by atoms with Gasteiger partial charge in [0.1, 0.15) is 11.6 Å². The second-order valence-corrected chi connectivity index (χ2v) is 6.00. The minimum atomic E-state index is -0.631. The van der Waals surface area contributed by atoms with E-state index in [9.17, 15) is 20.3 Å². The number of aromatic nitrogens is 2. The largest absolute Gasteiger partial charge is 0.503 e. The Labute approximate surface area is 152 Å². The summed E-state index contributed by atoms with van der Waals surface area (Å²) in [6.07, 6.45) is 2.49. The SMILES string of the molecule is N#C/C(=C\c1cnc(O)c(O)c1)C(=O)Nc1nc(-c2ccccc2)cs1. The van der Waals surface area contributed by atoms with Crippen molar-refractivity contribution in [1.29, 1.82) is 5.26 Å². The number of rotatable bonds is 4. The van der Waals surface area contributed by atoms with Gasteiger partial charge in [0.15, 0.2) is 10.9 Å². The van der Waals surface area contributed by atoms with E-state index < -0.39 is 17.5 Å². The number of hydrogen-bond donors (Lipinski definition) is 3. The monoisotopic (exact) mass is 364 g/mol. The third-order valence-electron chi connectivity index (χ3n) is 3.34. The third-order valence-corrected chi connectivity index (χ3v) is 4.10. The van der Waals surface area contributed by atoms with Gasteiger partial charge in [-0.3, -0.25) is 10.1 Å². The Bertz CT molecular complexity index is 1020. The van der Waals surface area contributed by atoms with E-state index in [0.717, 1.165) is 11.3 Å². The summed E-state index contributed by atoms with van der Waals surface area (Å²) in [6.45, 7) is 0. The van der Waals surface area contributed by atoms with Gasteiger partial charge < -0.3 is 10.2 Å². The number of carbonyl (C=O) groups excluding carboxylic acids is 1. The van der Waals surface area contributed by atoms with Gasteiger partial charge in [-0.15, -0.1) is 11.3 Å². The van der Waals surface area contributed by atoms with Gasteiger partial charge in [-0.2, -0.15) is 5.26 Å². The van der Waals surface area contributed by atoms with Gasteiger partial charge in [0, 0.05) is 17.1 Å². The first-order chi connectivity index (χ1) is 12.6. The molecule has 0 saturated carbocycles. The number of hydrogen-bond acceptors (Lipinski definition) is 7. The number of carbonyl (C=O) groups is 1. The van der Waals surface area contributed by atoms with Crippen LogP contribution in [-0.4, -0.2) is 26.1 Å². The molecule has 8 heteroatoms.